The number of alkyl halides is 1. The number of carbonyl (C=O) groups excluding carboxylic acids is 1. The molecule has 1 aromatic rings. The smallest absolute Gasteiger partial charge is 0.251 e. The van der Waals surface area contributed by atoms with Crippen molar-refractivity contribution in [1.29, 1.82) is 0 Å². The molecule has 1 amide bonds. The van der Waals surface area contributed by atoms with Crippen LogP contribution >= 0.6 is 11.6 Å². The summed E-state index contributed by atoms with van der Waals surface area (Å²) in [6.07, 6.45) is 1.73. The summed E-state index contributed by atoms with van der Waals surface area (Å²) in [5.74, 6) is 1.23. The number of hydrogen-bond donors (Lipinski definition) is 1. The molecule has 0 aliphatic heterocycles. The minimum atomic E-state index is -0.258. The van der Waals surface area contributed by atoms with Gasteiger partial charge in [0.1, 0.15) is 5.75 Å². The molecule has 0 aliphatic carbocycles. The van der Waals surface area contributed by atoms with Gasteiger partial charge in [-0.05, 0) is 57.9 Å². The SMILES string of the molecule is CCC(C)(CCCl)NC(=O)c1ccc(OC(C)C)cc1. The Morgan fingerprint density at radius 3 is 2.40 bits per heavy atom. The van der Waals surface area contributed by atoms with Gasteiger partial charge in [0.05, 0.1) is 6.10 Å². The van der Waals surface area contributed by atoms with E-state index in [0.717, 1.165) is 18.6 Å². The standard InChI is InChI=1S/C16H24ClNO2/c1-5-16(4,10-11-17)18-15(19)13-6-8-14(9-7-13)20-12(2)3/h6-9,12H,5,10-11H2,1-4H3,(H,18,19). The lowest BCUT2D eigenvalue weighted by molar-refractivity contribution is 0.0901. The number of benzene rings is 1. The predicted molar refractivity (Wildman–Crippen MR) is 83.7 cm³/mol. The zero-order valence-electron chi connectivity index (χ0n) is 12.7. The molecule has 0 aliphatic rings. The molecular weight excluding hydrogens is 274 g/mol. The molecule has 1 unspecified atom stereocenters. The molecule has 20 heavy (non-hydrogen) atoms. The molecular formula is C16H24ClNO2. The Balaban J connectivity index is 2.72. The third-order valence-corrected chi connectivity index (χ3v) is 3.52. The van der Waals surface area contributed by atoms with Crippen LogP contribution in [-0.4, -0.2) is 23.4 Å². The molecule has 0 radical (unpaired) electrons. The van der Waals surface area contributed by atoms with E-state index in [-0.39, 0.29) is 17.6 Å². The van der Waals surface area contributed by atoms with E-state index in [1.54, 1.807) is 12.1 Å². The monoisotopic (exact) mass is 297 g/mol. The summed E-state index contributed by atoms with van der Waals surface area (Å²) >= 11 is 5.80. The van der Waals surface area contributed by atoms with Crippen molar-refractivity contribution in [2.45, 2.75) is 52.2 Å². The van der Waals surface area contributed by atoms with Gasteiger partial charge in [-0.15, -0.1) is 11.6 Å². The molecule has 4 heteroatoms. The van der Waals surface area contributed by atoms with Crippen molar-refractivity contribution in [3.8, 4) is 5.75 Å². The van der Waals surface area contributed by atoms with Gasteiger partial charge in [-0.3, -0.25) is 4.79 Å². The zero-order valence-corrected chi connectivity index (χ0v) is 13.5. The molecule has 0 saturated heterocycles. The highest BCUT2D eigenvalue weighted by Gasteiger charge is 2.24. The number of amides is 1. The van der Waals surface area contributed by atoms with Crippen LogP contribution in [0.4, 0.5) is 0 Å². The van der Waals surface area contributed by atoms with Gasteiger partial charge in [-0.2, -0.15) is 0 Å². The van der Waals surface area contributed by atoms with E-state index in [9.17, 15) is 4.79 Å². The molecule has 0 fully saturated rings. The highest BCUT2D eigenvalue weighted by Crippen LogP contribution is 2.18. The number of carbonyl (C=O) groups is 1. The van der Waals surface area contributed by atoms with Gasteiger partial charge in [-0.25, -0.2) is 0 Å². The van der Waals surface area contributed by atoms with Crippen molar-refractivity contribution in [3.05, 3.63) is 29.8 Å². The van der Waals surface area contributed by atoms with E-state index in [1.807, 2.05) is 39.8 Å². The van der Waals surface area contributed by atoms with Crippen molar-refractivity contribution in [1.82, 2.24) is 5.32 Å². The lowest BCUT2D eigenvalue weighted by atomic mass is 9.95. The normalized spacial score (nSPS) is 13.9. The Labute approximate surface area is 126 Å². The summed E-state index contributed by atoms with van der Waals surface area (Å²) in [6, 6.07) is 7.20. The Morgan fingerprint density at radius 2 is 1.95 bits per heavy atom. The molecule has 1 atom stereocenters. The average Bonchev–Trinajstić information content (AvgIpc) is 2.39. The van der Waals surface area contributed by atoms with Crippen molar-refractivity contribution >= 4 is 17.5 Å². The quantitative estimate of drug-likeness (QED) is 0.773. The van der Waals surface area contributed by atoms with Crippen LogP contribution in [0.15, 0.2) is 24.3 Å². The van der Waals surface area contributed by atoms with Crippen molar-refractivity contribution in [2.75, 3.05) is 5.88 Å². The second-order valence-corrected chi connectivity index (χ2v) is 5.88. The van der Waals surface area contributed by atoms with Crippen molar-refractivity contribution in [3.63, 3.8) is 0 Å². The molecule has 112 valence electrons. The van der Waals surface area contributed by atoms with Crippen LogP contribution in [0.25, 0.3) is 0 Å². The maximum Gasteiger partial charge on any atom is 0.251 e. The number of rotatable bonds is 7. The molecule has 1 N–H and O–H groups in total. The number of hydrogen-bond acceptors (Lipinski definition) is 2. The first-order chi connectivity index (χ1) is 9.40. The van der Waals surface area contributed by atoms with E-state index in [1.165, 1.54) is 0 Å². The summed E-state index contributed by atoms with van der Waals surface area (Å²) < 4.78 is 5.56. The van der Waals surface area contributed by atoms with E-state index in [4.69, 9.17) is 16.3 Å². The van der Waals surface area contributed by atoms with Gasteiger partial charge in [0.15, 0.2) is 0 Å². The van der Waals surface area contributed by atoms with Gasteiger partial charge in [-0.1, -0.05) is 6.92 Å². The van der Waals surface area contributed by atoms with E-state index >= 15 is 0 Å². The van der Waals surface area contributed by atoms with Crippen LogP contribution in [0.3, 0.4) is 0 Å². The number of ether oxygens (including phenoxy) is 1. The van der Waals surface area contributed by atoms with E-state index in [0.29, 0.717) is 11.4 Å². The predicted octanol–water partition coefficient (Wildman–Crippen LogP) is 4.00. The first kappa shape index (κ1) is 16.8. The maximum atomic E-state index is 12.2. The van der Waals surface area contributed by atoms with E-state index in [2.05, 4.69) is 5.32 Å². The third kappa shape index (κ3) is 5.04. The minimum absolute atomic E-state index is 0.0736. The Bertz CT molecular complexity index is 431. The fourth-order valence-electron chi connectivity index (χ4n) is 1.84. The van der Waals surface area contributed by atoms with Crippen LogP contribution in [0.1, 0.15) is 50.9 Å². The molecule has 0 heterocycles. The molecule has 1 aromatic carbocycles. The zero-order chi connectivity index (χ0) is 15.2. The molecule has 0 bridgehead atoms. The summed E-state index contributed by atoms with van der Waals surface area (Å²) in [4.78, 5) is 12.2. The fourth-order valence-corrected chi connectivity index (χ4v) is 2.26. The Morgan fingerprint density at radius 1 is 1.35 bits per heavy atom. The molecule has 1 rings (SSSR count). The minimum Gasteiger partial charge on any atom is -0.491 e. The Kier molecular flexibility index (Phi) is 6.34. The van der Waals surface area contributed by atoms with Gasteiger partial charge < -0.3 is 10.1 Å². The lowest BCUT2D eigenvalue weighted by Crippen LogP contribution is -2.45. The van der Waals surface area contributed by atoms with Gasteiger partial charge in [0.25, 0.3) is 5.91 Å². The first-order valence-electron chi connectivity index (χ1n) is 7.05. The summed E-state index contributed by atoms with van der Waals surface area (Å²) in [5, 5.41) is 3.06. The molecule has 0 aromatic heterocycles. The largest absolute Gasteiger partial charge is 0.491 e. The second-order valence-electron chi connectivity index (χ2n) is 5.50. The highest BCUT2D eigenvalue weighted by molar-refractivity contribution is 6.17. The van der Waals surface area contributed by atoms with Gasteiger partial charge in [0, 0.05) is 17.0 Å². The van der Waals surface area contributed by atoms with Gasteiger partial charge in [0.2, 0.25) is 0 Å². The number of nitrogens with one attached hydrogen (secondary N) is 1. The van der Waals surface area contributed by atoms with Crippen LogP contribution in [-0.2, 0) is 0 Å². The number of halogens is 1. The Hall–Kier alpha value is -1.22. The van der Waals surface area contributed by atoms with Gasteiger partial charge >= 0.3 is 0 Å². The summed E-state index contributed by atoms with van der Waals surface area (Å²) in [6.45, 7) is 8.01. The van der Waals surface area contributed by atoms with Crippen LogP contribution in [0.2, 0.25) is 0 Å². The second kappa shape index (κ2) is 7.53. The molecule has 3 nitrogen and oxygen atoms in total. The van der Waals surface area contributed by atoms with Crippen LogP contribution in [0, 0.1) is 0 Å². The fraction of sp³-hybridized carbons (Fsp3) is 0.562. The summed E-state index contributed by atoms with van der Waals surface area (Å²) in [7, 11) is 0. The lowest BCUT2D eigenvalue weighted by Gasteiger charge is -2.29. The summed E-state index contributed by atoms with van der Waals surface area (Å²) in [5.41, 5.74) is 0.377. The molecule has 0 spiro atoms. The highest BCUT2D eigenvalue weighted by atomic mass is 35.5. The van der Waals surface area contributed by atoms with Crippen LogP contribution in [0.5, 0.6) is 5.75 Å². The first-order valence-corrected chi connectivity index (χ1v) is 7.59. The average molecular weight is 298 g/mol. The topological polar surface area (TPSA) is 38.3 Å². The third-order valence-electron chi connectivity index (χ3n) is 3.33. The maximum absolute atomic E-state index is 12.2. The van der Waals surface area contributed by atoms with Crippen LogP contribution < -0.4 is 10.1 Å². The van der Waals surface area contributed by atoms with Crippen molar-refractivity contribution in [2.24, 2.45) is 0 Å². The molecule has 0 saturated carbocycles. The van der Waals surface area contributed by atoms with E-state index < -0.39 is 0 Å². The van der Waals surface area contributed by atoms with Crippen molar-refractivity contribution < 1.29 is 9.53 Å².